The van der Waals surface area contributed by atoms with Crippen LogP contribution in [0.3, 0.4) is 0 Å². The average molecular weight is 385 g/mol. The van der Waals surface area contributed by atoms with E-state index in [0.29, 0.717) is 12.1 Å². The second kappa shape index (κ2) is 10.5. The number of nitrogens with zero attached hydrogens (tertiary/aromatic N) is 2. The second-order valence-electron chi connectivity index (χ2n) is 7.31. The van der Waals surface area contributed by atoms with Crippen molar-refractivity contribution >= 4 is 17.3 Å². The van der Waals surface area contributed by atoms with Gasteiger partial charge in [-0.15, -0.1) is 0 Å². The summed E-state index contributed by atoms with van der Waals surface area (Å²) in [5, 5.41) is 11.4. The summed E-state index contributed by atoms with van der Waals surface area (Å²) in [6.07, 6.45) is 3.32. The van der Waals surface area contributed by atoms with Crippen LogP contribution >= 0.6 is 11.3 Å². The van der Waals surface area contributed by atoms with Crippen LogP contribution in [0.15, 0.2) is 52.2 Å². The quantitative estimate of drug-likeness (QED) is 0.562. The zero-order valence-corrected chi connectivity index (χ0v) is 17.3. The topological polar surface area (TPSA) is 39.7 Å². The molecule has 0 spiro atoms. The summed E-state index contributed by atoms with van der Waals surface area (Å²) in [5.74, 6) is 0.960. The highest BCUT2D eigenvalue weighted by atomic mass is 32.1. The Balaban J connectivity index is 1.48. The Bertz CT molecular complexity index is 684. The highest BCUT2D eigenvalue weighted by Crippen LogP contribution is 2.20. The van der Waals surface area contributed by atoms with Crippen LogP contribution in [0.2, 0.25) is 0 Å². The predicted molar refractivity (Wildman–Crippen MR) is 116 cm³/mol. The fourth-order valence-corrected chi connectivity index (χ4v) is 4.35. The van der Waals surface area contributed by atoms with Crippen molar-refractivity contribution in [1.82, 2.24) is 15.5 Å². The predicted octanol–water partition coefficient (Wildman–Crippen LogP) is 3.90. The highest BCUT2D eigenvalue weighted by Gasteiger charge is 2.25. The van der Waals surface area contributed by atoms with E-state index in [-0.39, 0.29) is 0 Å². The molecule has 4 nitrogen and oxygen atoms in total. The van der Waals surface area contributed by atoms with Crippen molar-refractivity contribution in [3.05, 3.63) is 58.3 Å². The molecule has 146 valence electrons. The number of benzene rings is 1. The first-order valence-corrected chi connectivity index (χ1v) is 11.0. The summed E-state index contributed by atoms with van der Waals surface area (Å²) < 4.78 is 0. The minimum absolute atomic E-state index is 0.492. The van der Waals surface area contributed by atoms with E-state index in [1.165, 1.54) is 11.1 Å². The summed E-state index contributed by atoms with van der Waals surface area (Å²) >= 11 is 1.75. The molecule has 1 saturated heterocycles. The fraction of sp³-hybridized carbons (Fsp3) is 0.500. The van der Waals surface area contributed by atoms with Crippen molar-refractivity contribution in [2.45, 2.75) is 51.7 Å². The van der Waals surface area contributed by atoms with Crippen LogP contribution in [-0.4, -0.2) is 42.6 Å². The van der Waals surface area contributed by atoms with Gasteiger partial charge in [0.05, 0.1) is 0 Å². The van der Waals surface area contributed by atoms with E-state index in [1.807, 2.05) is 0 Å². The Morgan fingerprint density at radius 2 is 2.07 bits per heavy atom. The Kier molecular flexibility index (Phi) is 7.72. The average Bonchev–Trinajstić information content (AvgIpc) is 3.18. The lowest BCUT2D eigenvalue weighted by Gasteiger charge is -2.38. The molecule has 3 rings (SSSR count). The zero-order valence-electron chi connectivity index (χ0n) is 16.5. The Morgan fingerprint density at radius 1 is 1.22 bits per heavy atom. The molecule has 1 aromatic carbocycles. The van der Waals surface area contributed by atoms with Crippen LogP contribution in [0.1, 0.15) is 37.8 Å². The van der Waals surface area contributed by atoms with E-state index < -0.39 is 0 Å². The van der Waals surface area contributed by atoms with Crippen molar-refractivity contribution in [3.8, 4) is 0 Å². The molecule has 1 aliphatic heterocycles. The maximum atomic E-state index is 4.78. The Labute approximate surface area is 167 Å². The lowest BCUT2D eigenvalue weighted by molar-refractivity contribution is 0.134. The van der Waals surface area contributed by atoms with Crippen molar-refractivity contribution in [2.24, 2.45) is 4.99 Å². The van der Waals surface area contributed by atoms with Gasteiger partial charge < -0.3 is 10.6 Å². The van der Waals surface area contributed by atoms with Gasteiger partial charge in [-0.05, 0) is 61.1 Å². The lowest BCUT2D eigenvalue weighted by Crippen LogP contribution is -2.51. The van der Waals surface area contributed by atoms with Crippen LogP contribution in [-0.2, 0) is 13.0 Å². The molecular formula is C22H32N4S. The largest absolute Gasteiger partial charge is 0.357 e. The standard InChI is InChI=1S/C22H32N4S/c1-3-23-22(24-12-9-20-11-14-27-17-20)25-21-10-13-26(18(2)15-21)16-19-7-5-4-6-8-19/h4-8,11,14,17-18,21H,3,9-10,12-13,15-16H2,1-2H3,(H2,23,24,25). The molecule has 0 bridgehead atoms. The first-order chi connectivity index (χ1) is 13.2. The van der Waals surface area contributed by atoms with Gasteiger partial charge in [0.25, 0.3) is 0 Å². The van der Waals surface area contributed by atoms with Gasteiger partial charge in [-0.1, -0.05) is 30.3 Å². The van der Waals surface area contributed by atoms with Gasteiger partial charge in [0.2, 0.25) is 0 Å². The molecule has 1 fully saturated rings. The molecule has 2 atom stereocenters. The molecule has 0 radical (unpaired) electrons. The van der Waals surface area contributed by atoms with Crippen molar-refractivity contribution in [3.63, 3.8) is 0 Å². The molecule has 2 aromatic rings. The van der Waals surface area contributed by atoms with E-state index in [2.05, 4.69) is 76.5 Å². The van der Waals surface area contributed by atoms with Gasteiger partial charge in [-0.2, -0.15) is 11.3 Å². The molecule has 2 heterocycles. The van der Waals surface area contributed by atoms with Crippen LogP contribution < -0.4 is 10.6 Å². The summed E-state index contributed by atoms with van der Waals surface area (Å²) in [5.41, 5.74) is 2.78. The first kappa shape index (κ1) is 19.9. The van der Waals surface area contributed by atoms with Gasteiger partial charge in [-0.25, -0.2) is 0 Å². The van der Waals surface area contributed by atoms with Crippen LogP contribution in [0.5, 0.6) is 0 Å². The van der Waals surface area contributed by atoms with E-state index in [1.54, 1.807) is 11.3 Å². The summed E-state index contributed by atoms with van der Waals surface area (Å²) in [7, 11) is 0. The third-order valence-electron chi connectivity index (χ3n) is 5.18. The lowest BCUT2D eigenvalue weighted by atomic mass is 9.97. The number of aliphatic imine (C=N–C) groups is 1. The molecule has 0 saturated carbocycles. The number of piperidine rings is 1. The number of hydrogen-bond donors (Lipinski definition) is 2. The number of hydrogen-bond acceptors (Lipinski definition) is 3. The molecule has 0 aliphatic carbocycles. The molecule has 2 N–H and O–H groups in total. The van der Waals surface area contributed by atoms with Gasteiger partial charge in [-0.3, -0.25) is 9.89 Å². The molecule has 1 aliphatic rings. The number of rotatable bonds is 7. The van der Waals surface area contributed by atoms with E-state index in [9.17, 15) is 0 Å². The van der Waals surface area contributed by atoms with Crippen molar-refractivity contribution in [2.75, 3.05) is 19.6 Å². The number of nitrogens with one attached hydrogen (secondary N) is 2. The van der Waals surface area contributed by atoms with Crippen LogP contribution in [0.4, 0.5) is 0 Å². The molecule has 27 heavy (non-hydrogen) atoms. The van der Waals surface area contributed by atoms with Gasteiger partial charge in [0.15, 0.2) is 5.96 Å². The smallest absolute Gasteiger partial charge is 0.191 e. The normalized spacial score (nSPS) is 21.2. The van der Waals surface area contributed by atoms with E-state index in [0.717, 1.165) is 51.4 Å². The van der Waals surface area contributed by atoms with E-state index >= 15 is 0 Å². The zero-order chi connectivity index (χ0) is 18.9. The van der Waals surface area contributed by atoms with Crippen molar-refractivity contribution in [1.29, 1.82) is 0 Å². The minimum atomic E-state index is 0.492. The maximum Gasteiger partial charge on any atom is 0.191 e. The molecule has 1 aromatic heterocycles. The van der Waals surface area contributed by atoms with E-state index in [4.69, 9.17) is 4.99 Å². The highest BCUT2D eigenvalue weighted by molar-refractivity contribution is 7.07. The molecule has 2 unspecified atom stereocenters. The fourth-order valence-electron chi connectivity index (χ4n) is 3.65. The molecular weight excluding hydrogens is 352 g/mol. The number of guanidine groups is 1. The first-order valence-electron chi connectivity index (χ1n) is 10.1. The van der Waals surface area contributed by atoms with Crippen LogP contribution in [0, 0.1) is 0 Å². The third kappa shape index (κ3) is 6.36. The van der Waals surface area contributed by atoms with Gasteiger partial charge in [0.1, 0.15) is 0 Å². The summed E-state index contributed by atoms with van der Waals surface area (Å²) in [6.45, 7) is 8.37. The molecule has 5 heteroatoms. The minimum Gasteiger partial charge on any atom is -0.357 e. The van der Waals surface area contributed by atoms with Crippen molar-refractivity contribution < 1.29 is 0 Å². The summed E-state index contributed by atoms with van der Waals surface area (Å²) in [4.78, 5) is 7.37. The SMILES string of the molecule is CCNC(=NCCc1ccsc1)NC1CCN(Cc2ccccc2)C(C)C1. The van der Waals surface area contributed by atoms with Crippen LogP contribution in [0.25, 0.3) is 0 Å². The van der Waals surface area contributed by atoms with Gasteiger partial charge >= 0.3 is 0 Å². The Hall–Kier alpha value is -1.85. The third-order valence-corrected chi connectivity index (χ3v) is 5.91. The maximum absolute atomic E-state index is 4.78. The molecule has 0 amide bonds. The second-order valence-corrected chi connectivity index (χ2v) is 8.09. The summed E-state index contributed by atoms with van der Waals surface area (Å²) in [6, 6.07) is 14.0. The Morgan fingerprint density at radius 3 is 2.78 bits per heavy atom. The monoisotopic (exact) mass is 384 g/mol. The van der Waals surface area contributed by atoms with Gasteiger partial charge in [0, 0.05) is 38.3 Å². The number of likely N-dealkylation sites (tertiary alicyclic amines) is 1. The number of thiophene rings is 1.